The summed E-state index contributed by atoms with van der Waals surface area (Å²) in [4.78, 5) is 7.14. The van der Waals surface area contributed by atoms with Gasteiger partial charge in [0, 0.05) is 30.7 Å². The van der Waals surface area contributed by atoms with Crippen molar-refractivity contribution >= 4 is 0 Å². The van der Waals surface area contributed by atoms with Gasteiger partial charge in [-0.1, -0.05) is 6.07 Å². The van der Waals surface area contributed by atoms with Crippen molar-refractivity contribution < 1.29 is 0 Å². The van der Waals surface area contributed by atoms with E-state index in [4.69, 9.17) is 0 Å². The van der Waals surface area contributed by atoms with E-state index in [0.29, 0.717) is 0 Å². The fourth-order valence-electron chi connectivity index (χ4n) is 3.09. The van der Waals surface area contributed by atoms with Gasteiger partial charge >= 0.3 is 0 Å². The molecule has 0 amide bonds. The average molecular weight is 270 g/mol. The Morgan fingerprint density at radius 2 is 2.30 bits per heavy atom. The normalized spacial score (nSPS) is 20.1. The van der Waals surface area contributed by atoms with Crippen LogP contribution in [-0.2, 0) is 13.0 Å². The number of hydrogen-bond acceptors (Lipinski definition) is 3. The lowest BCUT2D eigenvalue weighted by Gasteiger charge is -2.32. The molecule has 1 atom stereocenters. The van der Waals surface area contributed by atoms with Crippen molar-refractivity contribution in [3.63, 3.8) is 0 Å². The van der Waals surface area contributed by atoms with Gasteiger partial charge in [-0.2, -0.15) is 5.10 Å². The molecule has 1 N–H and O–H groups in total. The van der Waals surface area contributed by atoms with Crippen molar-refractivity contribution in [1.29, 1.82) is 0 Å². The van der Waals surface area contributed by atoms with Crippen molar-refractivity contribution in [2.45, 2.75) is 32.7 Å². The lowest BCUT2D eigenvalue weighted by molar-refractivity contribution is 0.164. The van der Waals surface area contributed by atoms with Crippen LogP contribution in [0.3, 0.4) is 0 Å². The average Bonchev–Trinajstić information content (AvgIpc) is 2.92. The fourth-order valence-corrected chi connectivity index (χ4v) is 3.09. The summed E-state index contributed by atoms with van der Waals surface area (Å²) in [5, 5.41) is 7.11. The predicted octanol–water partition coefficient (Wildman–Crippen LogP) is 2.57. The Labute approximate surface area is 120 Å². The molecule has 106 valence electrons. The number of piperidine rings is 1. The molecular formula is C16H22N4. The first-order chi connectivity index (χ1) is 9.79. The number of aromatic nitrogens is 3. The van der Waals surface area contributed by atoms with Crippen LogP contribution in [0.4, 0.5) is 0 Å². The summed E-state index contributed by atoms with van der Waals surface area (Å²) in [6, 6.07) is 8.37. The molecular weight excluding hydrogens is 248 g/mol. The molecule has 0 aliphatic carbocycles. The minimum absolute atomic E-state index is 0.731. The van der Waals surface area contributed by atoms with E-state index < -0.39 is 0 Å². The number of nitrogens with one attached hydrogen (secondary N) is 1. The third-order valence-electron chi connectivity index (χ3n) is 4.00. The van der Waals surface area contributed by atoms with E-state index in [1.54, 1.807) is 0 Å². The van der Waals surface area contributed by atoms with Gasteiger partial charge in [0.25, 0.3) is 0 Å². The smallest absolute Gasteiger partial charge is 0.0547 e. The van der Waals surface area contributed by atoms with Crippen LogP contribution in [0.25, 0.3) is 0 Å². The van der Waals surface area contributed by atoms with Crippen LogP contribution in [-0.4, -0.2) is 33.2 Å². The summed E-state index contributed by atoms with van der Waals surface area (Å²) in [6.45, 7) is 5.38. The number of aryl methyl sites for hydroxylation is 1. The maximum absolute atomic E-state index is 4.61. The molecule has 0 saturated carbocycles. The second-order valence-corrected chi connectivity index (χ2v) is 5.80. The summed E-state index contributed by atoms with van der Waals surface area (Å²) in [7, 11) is 0. The Morgan fingerprint density at radius 1 is 1.35 bits per heavy atom. The Morgan fingerprint density at radius 3 is 3.10 bits per heavy atom. The molecule has 1 saturated heterocycles. The SMILES string of the molecule is Cc1cccc(CN2CCCC(Cc3ccn[nH]3)C2)n1. The number of nitrogens with zero attached hydrogens (tertiary/aromatic N) is 3. The fraction of sp³-hybridized carbons (Fsp3) is 0.500. The summed E-state index contributed by atoms with van der Waals surface area (Å²) in [6.07, 6.45) is 5.55. The highest BCUT2D eigenvalue weighted by Gasteiger charge is 2.20. The van der Waals surface area contributed by atoms with Crippen molar-refractivity contribution in [1.82, 2.24) is 20.1 Å². The Kier molecular flexibility index (Phi) is 4.11. The number of H-pyrrole nitrogens is 1. The first-order valence-electron chi connectivity index (χ1n) is 7.43. The summed E-state index contributed by atoms with van der Waals surface area (Å²) in [5.74, 6) is 0.731. The summed E-state index contributed by atoms with van der Waals surface area (Å²) in [5.41, 5.74) is 3.55. The summed E-state index contributed by atoms with van der Waals surface area (Å²) < 4.78 is 0. The van der Waals surface area contributed by atoms with E-state index in [-0.39, 0.29) is 0 Å². The van der Waals surface area contributed by atoms with E-state index >= 15 is 0 Å². The molecule has 3 heterocycles. The molecule has 4 heteroatoms. The van der Waals surface area contributed by atoms with Crippen molar-refractivity contribution in [3.8, 4) is 0 Å². The van der Waals surface area contributed by atoms with Gasteiger partial charge < -0.3 is 0 Å². The molecule has 1 unspecified atom stereocenters. The van der Waals surface area contributed by atoms with Gasteiger partial charge in [0.1, 0.15) is 0 Å². The number of likely N-dealkylation sites (tertiary alicyclic amines) is 1. The van der Waals surface area contributed by atoms with E-state index in [2.05, 4.69) is 51.3 Å². The molecule has 2 aromatic heterocycles. The Bertz CT molecular complexity index is 535. The topological polar surface area (TPSA) is 44.8 Å². The Hall–Kier alpha value is -1.68. The maximum Gasteiger partial charge on any atom is 0.0547 e. The predicted molar refractivity (Wildman–Crippen MR) is 79.3 cm³/mol. The zero-order chi connectivity index (χ0) is 13.8. The molecule has 2 aromatic rings. The highest BCUT2D eigenvalue weighted by atomic mass is 15.1. The molecule has 4 nitrogen and oxygen atoms in total. The van der Waals surface area contributed by atoms with Crippen molar-refractivity contribution in [2.75, 3.05) is 13.1 Å². The van der Waals surface area contributed by atoms with Gasteiger partial charge in [-0.15, -0.1) is 0 Å². The minimum Gasteiger partial charge on any atom is -0.297 e. The number of pyridine rings is 1. The summed E-state index contributed by atoms with van der Waals surface area (Å²) >= 11 is 0. The van der Waals surface area contributed by atoms with E-state index in [9.17, 15) is 0 Å². The van der Waals surface area contributed by atoms with Crippen LogP contribution in [0, 0.1) is 12.8 Å². The lowest BCUT2D eigenvalue weighted by Crippen LogP contribution is -2.36. The first-order valence-corrected chi connectivity index (χ1v) is 7.43. The largest absolute Gasteiger partial charge is 0.297 e. The number of rotatable bonds is 4. The molecule has 0 radical (unpaired) electrons. The van der Waals surface area contributed by atoms with Crippen LogP contribution in [0.2, 0.25) is 0 Å². The van der Waals surface area contributed by atoms with E-state index in [1.165, 1.54) is 30.8 Å². The van der Waals surface area contributed by atoms with Crippen LogP contribution in [0.1, 0.15) is 29.9 Å². The van der Waals surface area contributed by atoms with Gasteiger partial charge in [0.05, 0.1) is 5.69 Å². The number of hydrogen-bond donors (Lipinski definition) is 1. The number of aromatic amines is 1. The molecule has 0 aromatic carbocycles. The zero-order valence-corrected chi connectivity index (χ0v) is 12.0. The Balaban J connectivity index is 1.57. The third-order valence-corrected chi connectivity index (χ3v) is 4.00. The van der Waals surface area contributed by atoms with Gasteiger partial charge in [-0.25, -0.2) is 0 Å². The van der Waals surface area contributed by atoms with Gasteiger partial charge in [0.15, 0.2) is 0 Å². The van der Waals surface area contributed by atoms with Gasteiger partial charge in [0.2, 0.25) is 0 Å². The third kappa shape index (κ3) is 3.45. The zero-order valence-electron chi connectivity index (χ0n) is 12.0. The van der Waals surface area contributed by atoms with E-state index in [0.717, 1.165) is 31.1 Å². The molecule has 0 bridgehead atoms. The molecule has 0 spiro atoms. The van der Waals surface area contributed by atoms with Crippen LogP contribution in [0.5, 0.6) is 0 Å². The van der Waals surface area contributed by atoms with Gasteiger partial charge in [-0.3, -0.25) is 15.0 Å². The quantitative estimate of drug-likeness (QED) is 0.928. The monoisotopic (exact) mass is 270 g/mol. The highest BCUT2D eigenvalue weighted by Crippen LogP contribution is 2.21. The molecule has 1 aliphatic heterocycles. The molecule has 1 aliphatic rings. The minimum atomic E-state index is 0.731. The van der Waals surface area contributed by atoms with Gasteiger partial charge in [-0.05, 0) is 56.8 Å². The molecule has 1 fully saturated rings. The van der Waals surface area contributed by atoms with E-state index in [1.807, 2.05) is 6.20 Å². The standard InChI is InChI=1S/C16H22N4/c1-13-4-2-6-16(18-13)12-20-9-3-5-14(11-20)10-15-7-8-17-19-15/h2,4,6-8,14H,3,5,9-12H2,1H3,(H,17,19). The molecule has 3 rings (SSSR count). The first kappa shape index (κ1) is 13.3. The van der Waals surface area contributed by atoms with Crippen LogP contribution >= 0.6 is 0 Å². The van der Waals surface area contributed by atoms with Crippen LogP contribution in [0.15, 0.2) is 30.5 Å². The second kappa shape index (κ2) is 6.18. The molecule has 20 heavy (non-hydrogen) atoms. The maximum atomic E-state index is 4.61. The van der Waals surface area contributed by atoms with Crippen LogP contribution < -0.4 is 0 Å². The lowest BCUT2D eigenvalue weighted by atomic mass is 9.93. The highest BCUT2D eigenvalue weighted by molar-refractivity contribution is 5.10. The van der Waals surface area contributed by atoms with Crippen molar-refractivity contribution in [2.24, 2.45) is 5.92 Å². The second-order valence-electron chi connectivity index (χ2n) is 5.80. The van der Waals surface area contributed by atoms with Crippen molar-refractivity contribution in [3.05, 3.63) is 47.5 Å².